The minimum Gasteiger partial charge on any atom is -0.440 e. The Morgan fingerprint density at radius 1 is 1.12 bits per heavy atom. The molecule has 11 heteroatoms. The Morgan fingerprint density at radius 3 is 2.26 bits per heavy atom. The van der Waals surface area contributed by atoms with Crippen LogP contribution in [0.1, 0.15) is 37.5 Å². The van der Waals surface area contributed by atoms with Crippen LogP contribution in [0.2, 0.25) is 0 Å². The van der Waals surface area contributed by atoms with Gasteiger partial charge in [-0.3, -0.25) is 5.21 Å². The van der Waals surface area contributed by atoms with E-state index in [1.54, 1.807) is 24.3 Å². The van der Waals surface area contributed by atoms with Gasteiger partial charge in [0.1, 0.15) is 11.5 Å². The van der Waals surface area contributed by atoms with Gasteiger partial charge in [-0.05, 0) is 74.2 Å². The van der Waals surface area contributed by atoms with Gasteiger partial charge in [0, 0.05) is 29.3 Å². The molecule has 2 aromatic carbocycles. The Hall–Kier alpha value is -2.31. The van der Waals surface area contributed by atoms with Crippen LogP contribution in [0, 0.1) is 5.82 Å². The maximum Gasteiger partial charge on any atom is 0.238 e. The van der Waals surface area contributed by atoms with Crippen molar-refractivity contribution >= 4 is 38.3 Å². The maximum absolute atomic E-state index is 13.5. The van der Waals surface area contributed by atoms with E-state index in [1.165, 1.54) is 43.1 Å². The predicted molar refractivity (Wildman–Crippen MR) is 133 cm³/mol. The Bertz CT molecular complexity index is 1270. The summed E-state index contributed by atoms with van der Waals surface area (Å²) in [7, 11) is -2.30. The average Bonchev–Trinajstić information content (AvgIpc) is 3.25. The van der Waals surface area contributed by atoms with Gasteiger partial charge >= 0.3 is 0 Å². The van der Waals surface area contributed by atoms with Crippen LogP contribution in [0.5, 0.6) is 0 Å². The number of hydrogen-bond donors (Lipinski definition) is 2. The molecule has 0 bridgehead atoms. The van der Waals surface area contributed by atoms with Gasteiger partial charge in [0.2, 0.25) is 10.0 Å². The lowest BCUT2D eigenvalue weighted by Crippen LogP contribution is -2.23. The highest BCUT2D eigenvalue weighted by Gasteiger charge is 2.29. The normalized spacial score (nSPS) is 18.6. The number of nitrogens with two attached hydrogens (primary N) is 1. The number of halogens is 1. The first kappa shape index (κ1) is 24.8. The fraction of sp³-hybridized carbons (Fsp3) is 0.304. The van der Waals surface area contributed by atoms with Crippen molar-refractivity contribution in [2.24, 2.45) is 5.14 Å². The van der Waals surface area contributed by atoms with Crippen molar-refractivity contribution < 1.29 is 22.4 Å². The second-order valence-electron chi connectivity index (χ2n) is 8.19. The van der Waals surface area contributed by atoms with Gasteiger partial charge in [0.25, 0.3) is 0 Å². The lowest BCUT2D eigenvalue weighted by Gasteiger charge is -2.27. The summed E-state index contributed by atoms with van der Waals surface area (Å²) in [5, 5.41) is 16.0. The Kier molecular flexibility index (Phi) is 7.39. The summed E-state index contributed by atoms with van der Waals surface area (Å²) < 4.78 is 43.4. The minimum atomic E-state index is -3.82. The summed E-state index contributed by atoms with van der Waals surface area (Å²) in [6.07, 6.45) is 3.50. The SMILES string of the molecule is CN(O)C(=S)SC1CCC(c2nc(-c3ccc(F)cc3)c(-c3ccc(S(N)(=O)=O)cc3)o2)CC1. The molecule has 34 heavy (non-hydrogen) atoms. The number of aromatic nitrogens is 1. The standard InChI is InChI=1S/C23H24FN3O4S3/c1-27(28)23(32)33-18-10-4-16(5-11-18)22-26-20(14-2-8-17(24)9-3-14)21(31-22)15-6-12-19(13-7-15)34(25,29)30/h2-3,6-9,12-13,16,18,28H,4-5,10-11H2,1H3,(H2,25,29,30). The third-order valence-electron chi connectivity index (χ3n) is 5.76. The van der Waals surface area contributed by atoms with Crippen LogP contribution in [-0.2, 0) is 10.0 Å². The molecule has 0 atom stereocenters. The Balaban J connectivity index is 1.63. The van der Waals surface area contributed by atoms with Crippen LogP contribution in [-0.4, -0.2) is 40.3 Å². The minimum absolute atomic E-state index is 0.00146. The number of rotatable bonds is 5. The van der Waals surface area contributed by atoms with Gasteiger partial charge in [-0.25, -0.2) is 28.0 Å². The Morgan fingerprint density at radius 2 is 1.71 bits per heavy atom. The summed E-state index contributed by atoms with van der Waals surface area (Å²) in [6.45, 7) is 0. The van der Waals surface area contributed by atoms with E-state index >= 15 is 0 Å². The number of sulfonamides is 1. The second kappa shape index (κ2) is 10.1. The van der Waals surface area contributed by atoms with Crippen molar-refractivity contribution in [3.63, 3.8) is 0 Å². The van der Waals surface area contributed by atoms with Crippen molar-refractivity contribution in [1.82, 2.24) is 10.0 Å². The van der Waals surface area contributed by atoms with Gasteiger partial charge < -0.3 is 4.42 Å². The molecule has 1 saturated carbocycles. The highest BCUT2D eigenvalue weighted by Crippen LogP contribution is 2.41. The molecule has 0 radical (unpaired) electrons. The molecular weight excluding hydrogens is 497 g/mol. The number of nitrogens with zero attached hydrogens (tertiary/aromatic N) is 2. The van der Waals surface area contributed by atoms with E-state index in [9.17, 15) is 18.0 Å². The van der Waals surface area contributed by atoms with Crippen LogP contribution >= 0.6 is 24.0 Å². The van der Waals surface area contributed by atoms with Gasteiger partial charge in [-0.2, -0.15) is 0 Å². The highest BCUT2D eigenvalue weighted by atomic mass is 32.2. The second-order valence-corrected chi connectivity index (χ2v) is 11.7. The summed E-state index contributed by atoms with van der Waals surface area (Å²) in [5.41, 5.74) is 1.91. The number of oxazole rings is 1. The summed E-state index contributed by atoms with van der Waals surface area (Å²) in [6, 6.07) is 12.1. The van der Waals surface area contributed by atoms with Gasteiger partial charge in [-0.15, -0.1) is 0 Å². The van der Waals surface area contributed by atoms with Crippen molar-refractivity contribution in [1.29, 1.82) is 0 Å². The smallest absolute Gasteiger partial charge is 0.238 e. The quantitative estimate of drug-likeness (QED) is 0.350. The fourth-order valence-electron chi connectivity index (χ4n) is 3.95. The average molecular weight is 522 g/mol. The first-order chi connectivity index (χ1) is 16.1. The third-order valence-corrected chi connectivity index (χ3v) is 8.51. The monoisotopic (exact) mass is 521 g/mol. The third kappa shape index (κ3) is 5.66. The van der Waals surface area contributed by atoms with E-state index in [0.29, 0.717) is 38.0 Å². The molecule has 1 fully saturated rings. The van der Waals surface area contributed by atoms with Crippen molar-refractivity contribution in [3.05, 3.63) is 60.2 Å². The molecule has 0 amide bonds. The molecule has 3 N–H and O–H groups in total. The first-order valence-corrected chi connectivity index (χ1v) is 13.5. The number of primary sulfonamides is 1. The van der Waals surface area contributed by atoms with Crippen LogP contribution in [0.3, 0.4) is 0 Å². The molecule has 180 valence electrons. The van der Waals surface area contributed by atoms with Crippen LogP contribution < -0.4 is 5.14 Å². The zero-order valence-corrected chi connectivity index (χ0v) is 20.8. The molecule has 3 aromatic rings. The molecule has 1 aromatic heterocycles. The number of benzene rings is 2. The van der Waals surface area contributed by atoms with Gasteiger partial charge in [0.15, 0.2) is 16.0 Å². The molecule has 7 nitrogen and oxygen atoms in total. The molecule has 1 aliphatic rings. The van der Waals surface area contributed by atoms with E-state index in [2.05, 4.69) is 0 Å². The lowest BCUT2D eigenvalue weighted by molar-refractivity contribution is 0.0204. The van der Waals surface area contributed by atoms with E-state index < -0.39 is 10.0 Å². The van der Waals surface area contributed by atoms with Crippen molar-refractivity contribution in [3.8, 4) is 22.6 Å². The molecule has 0 saturated heterocycles. The van der Waals surface area contributed by atoms with Crippen LogP contribution in [0.4, 0.5) is 4.39 Å². The van der Waals surface area contributed by atoms with E-state index in [0.717, 1.165) is 30.7 Å². The van der Waals surface area contributed by atoms with Crippen molar-refractivity contribution in [2.45, 2.75) is 41.7 Å². The van der Waals surface area contributed by atoms with Crippen LogP contribution in [0.25, 0.3) is 22.6 Å². The summed E-state index contributed by atoms with van der Waals surface area (Å²) in [4.78, 5) is 4.78. The van der Waals surface area contributed by atoms with E-state index in [-0.39, 0.29) is 16.6 Å². The first-order valence-electron chi connectivity index (χ1n) is 10.6. The van der Waals surface area contributed by atoms with Crippen LogP contribution in [0.15, 0.2) is 57.8 Å². The molecule has 0 unspecified atom stereocenters. The predicted octanol–water partition coefficient (Wildman–Crippen LogP) is 5.16. The molecule has 1 aliphatic carbocycles. The fourth-order valence-corrected chi connectivity index (χ4v) is 5.82. The van der Waals surface area contributed by atoms with Gasteiger partial charge in [0.05, 0.1) is 4.90 Å². The van der Waals surface area contributed by atoms with E-state index in [4.69, 9.17) is 26.8 Å². The van der Waals surface area contributed by atoms with Crippen molar-refractivity contribution in [2.75, 3.05) is 7.05 Å². The molecular formula is C23H24FN3O4S3. The summed E-state index contributed by atoms with van der Waals surface area (Å²) >= 11 is 6.68. The van der Waals surface area contributed by atoms with E-state index in [1.807, 2.05) is 0 Å². The number of hydrogen-bond acceptors (Lipinski definition) is 7. The number of hydroxylamine groups is 2. The zero-order chi connectivity index (χ0) is 24.5. The maximum atomic E-state index is 13.5. The number of thiocarbonyl (C=S) groups is 1. The molecule has 0 spiro atoms. The topological polar surface area (TPSA) is 110 Å². The summed E-state index contributed by atoms with van der Waals surface area (Å²) in [5.74, 6) is 0.833. The molecule has 0 aliphatic heterocycles. The zero-order valence-electron chi connectivity index (χ0n) is 18.3. The largest absolute Gasteiger partial charge is 0.440 e. The molecule has 1 heterocycles. The number of thioether (sulfide) groups is 1. The lowest BCUT2D eigenvalue weighted by atomic mass is 9.89. The van der Waals surface area contributed by atoms with Gasteiger partial charge in [-0.1, -0.05) is 24.0 Å². The highest BCUT2D eigenvalue weighted by molar-refractivity contribution is 8.23. The molecule has 4 rings (SSSR count). The Labute approximate surface area is 207 Å².